The standard InChI is InChI=1S/C15H11F2NO2/c1-20-9-3-4-10-11-6-8(14(18)19)2-5-12(11)15(16,17)13(10)7-9/h2-7H,1H3,(H2,18,19). The van der Waals surface area contributed by atoms with Crippen LogP contribution in [0.1, 0.15) is 21.5 Å². The van der Waals surface area contributed by atoms with Crippen molar-refractivity contribution in [3.8, 4) is 16.9 Å². The molecule has 0 heterocycles. The van der Waals surface area contributed by atoms with Gasteiger partial charge in [0.25, 0.3) is 5.92 Å². The van der Waals surface area contributed by atoms with Crippen LogP contribution in [0.4, 0.5) is 8.78 Å². The first kappa shape index (κ1) is 12.6. The van der Waals surface area contributed by atoms with E-state index in [-0.39, 0.29) is 16.7 Å². The van der Waals surface area contributed by atoms with Crippen LogP contribution in [-0.2, 0) is 5.92 Å². The molecule has 2 N–H and O–H groups in total. The Morgan fingerprint density at radius 3 is 2.50 bits per heavy atom. The molecule has 0 bridgehead atoms. The SMILES string of the molecule is COc1ccc2c(c1)C(F)(F)c1ccc(C(N)=O)cc1-2. The Balaban J connectivity index is 2.28. The maximum Gasteiger partial charge on any atom is 0.299 e. The van der Waals surface area contributed by atoms with Gasteiger partial charge in [-0.05, 0) is 35.4 Å². The van der Waals surface area contributed by atoms with Crippen molar-refractivity contribution in [1.29, 1.82) is 0 Å². The molecule has 3 nitrogen and oxygen atoms in total. The summed E-state index contributed by atoms with van der Waals surface area (Å²) in [6, 6.07) is 8.48. The van der Waals surface area contributed by atoms with Gasteiger partial charge in [0.2, 0.25) is 5.91 Å². The van der Waals surface area contributed by atoms with Gasteiger partial charge in [0.15, 0.2) is 0 Å². The average molecular weight is 275 g/mol. The van der Waals surface area contributed by atoms with Gasteiger partial charge in [-0.3, -0.25) is 4.79 Å². The zero-order chi connectivity index (χ0) is 14.5. The summed E-state index contributed by atoms with van der Waals surface area (Å²) >= 11 is 0. The molecule has 0 unspecified atom stereocenters. The predicted octanol–water partition coefficient (Wildman–Crippen LogP) is 2.91. The van der Waals surface area contributed by atoms with Crippen LogP contribution < -0.4 is 10.5 Å². The van der Waals surface area contributed by atoms with E-state index in [0.717, 1.165) is 0 Å². The summed E-state index contributed by atoms with van der Waals surface area (Å²) in [5, 5.41) is 0. The van der Waals surface area contributed by atoms with Gasteiger partial charge < -0.3 is 10.5 Å². The quantitative estimate of drug-likeness (QED) is 0.916. The maximum atomic E-state index is 14.4. The highest BCUT2D eigenvalue weighted by molar-refractivity contribution is 5.95. The van der Waals surface area contributed by atoms with Gasteiger partial charge in [0, 0.05) is 16.7 Å². The number of benzene rings is 2. The second-order valence-electron chi connectivity index (χ2n) is 4.61. The number of hydrogen-bond acceptors (Lipinski definition) is 2. The van der Waals surface area contributed by atoms with Gasteiger partial charge in [-0.25, -0.2) is 0 Å². The first-order chi connectivity index (χ1) is 9.45. The van der Waals surface area contributed by atoms with Crippen LogP contribution in [0.15, 0.2) is 36.4 Å². The van der Waals surface area contributed by atoms with E-state index >= 15 is 0 Å². The zero-order valence-corrected chi connectivity index (χ0v) is 10.6. The molecule has 0 atom stereocenters. The van der Waals surface area contributed by atoms with Crippen molar-refractivity contribution in [1.82, 2.24) is 0 Å². The van der Waals surface area contributed by atoms with E-state index in [9.17, 15) is 13.6 Å². The van der Waals surface area contributed by atoms with Gasteiger partial charge in [-0.15, -0.1) is 0 Å². The minimum atomic E-state index is -3.10. The first-order valence-electron chi connectivity index (χ1n) is 5.96. The molecule has 0 radical (unpaired) electrons. The Bertz CT molecular complexity index is 726. The molecule has 0 spiro atoms. The molecule has 3 rings (SSSR count). The maximum absolute atomic E-state index is 14.4. The van der Waals surface area contributed by atoms with Gasteiger partial charge in [-0.1, -0.05) is 12.1 Å². The molecule has 1 aliphatic rings. The number of carbonyl (C=O) groups excluding carboxylic acids is 1. The van der Waals surface area contributed by atoms with Crippen LogP contribution in [0.2, 0.25) is 0 Å². The number of alkyl halides is 2. The lowest BCUT2D eigenvalue weighted by atomic mass is 10.0. The molecule has 1 aliphatic carbocycles. The predicted molar refractivity (Wildman–Crippen MR) is 69.9 cm³/mol. The summed E-state index contributed by atoms with van der Waals surface area (Å²) in [6.07, 6.45) is 0. The number of halogens is 2. The third-order valence-corrected chi connectivity index (χ3v) is 3.50. The molecule has 5 heteroatoms. The van der Waals surface area contributed by atoms with Gasteiger partial charge in [-0.2, -0.15) is 8.78 Å². The number of hydrogen-bond donors (Lipinski definition) is 1. The van der Waals surface area contributed by atoms with Crippen LogP contribution >= 0.6 is 0 Å². The smallest absolute Gasteiger partial charge is 0.299 e. The zero-order valence-electron chi connectivity index (χ0n) is 10.6. The number of rotatable bonds is 2. The van der Waals surface area contributed by atoms with E-state index in [1.54, 1.807) is 12.1 Å². The molecule has 0 saturated heterocycles. The number of nitrogens with two attached hydrogens (primary N) is 1. The molecule has 0 saturated carbocycles. The van der Waals surface area contributed by atoms with Gasteiger partial charge in [0.05, 0.1) is 7.11 Å². The van der Waals surface area contributed by atoms with E-state index in [2.05, 4.69) is 0 Å². The second-order valence-corrected chi connectivity index (χ2v) is 4.61. The Kier molecular flexibility index (Phi) is 2.54. The molecule has 102 valence electrons. The van der Waals surface area contributed by atoms with Crippen LogP contribution in [0.3, 0.4) is 0 Å². The highest BCUT2D eigenvalue weighted by Gasteiger charge is 2.44. The summed E-state index contributed by atoms with van der Waals surface area (Å²) in [4.78, 5) is 11.2. The molecule has 20 heavy (non-hydrogen) atoms. The Morgan fingerprint density at radius 1 is 1.10 bits per heavy atom. The Hall–Kier alpha value is -2.43. The number of methoxy groups -OCH3 is 1. The number of fused-ring (bicyclic) bond motifs is 3. The van der Waals surface area contributed by atoms with Crippen molar-refractivity contribution in [3.63, 3.8) is 0 Å². The summed E-state index contributed by atoms with van der Waals surface area (Å²) in [6.45, 7) is 0. The molecule has 0 aromatic heterocycles. The average Bonchev–Trinajstić information content (AvgIpc) is 2.67. The fraction of sp³-hybridized carbons (Fsp3) is 0.133. The monoisotopic (exact) mass is 275 g/mol. The first-order valence-corrected chi connectivity index (χ1v) is 5.96. The summed E-state index contributed by atoms with van der Waals surface area (Å²) in [7, 11) is 1.42. The molecule has 0 aliphatic heterocycles. The fourth-order valence-corrected chi connectivity index (χ4v) is 2.48. The molecule has 2 aromatic rings. The molecule has 2 aromatic carbocycles. The number of primary amides is 1. The van der Waals surface area contributed by atoms with Crippen LogP contribution in [0.25, 0.3) is 11.1 Å². The highest BCUT2D eigenvalue weighted by Crippen LogP contribution is 2.51. The second kappa shape index (κ2) is 4.03. The number of carbonyl (C=O) groups is 1. The minimum absolute atomic E-state index is 0.117. The van der Waals surface area contributed by atoms with E-state index in [1.165, 1.54) is 31.4 Å². The topological polar surface area (TPSA) is 52.3 Å². The summed E-state index contributed by atoms with van der Waals surface area (Å²) in [5.41, 5.74) is 5.90. The van der Waals surface area contributed by atoms with E-state index < -0.39 is 11.8 Å². The number of amides is 1. The van der Waals surface area contributed by atoms with E-state index in [1.807, 2.05) is 0 Å². The molecule has 0 fully saturated rings. The van der Waals surface area contributed by atoms with Crippen LogP contribution in [0, 0.1) is 0 Å². The van der Waals surface area contributed by atoms with Crippen molar-refractivity contribution in [2.24, 2.45) is 5.73 Å². The molecule has 1 amide bonds. The third kappa shape index (κ3) is 1.59. The van der Waals surface area contributed by atoms with Crippen molar-refractivity contribution in [2.75, 3.05) is 7.11 Å². The molecular formula is C15H11F2NO2. The van der Waals surface area contributed by atoms with Crippen LogP contribution in [0.5, 0.6) is 5.75 Å². The van der Waals surface area contributed by atoms with Crippen molar-refractivity contribution in [2.45, 2.75) is 5.92 Å². The van der Waals surface area contributed by atoms with Crippen molar-refractivity contribution >= 4 is 5.91 Å². The largest absolute Gasteiger partial charge is 0.497 e. The highest BCUT2D eigenvalue weighted by atomic mass is 19.3. The lowest BCUT2D eigenvalue weighted by molar-refractivity contribution is 0.0477. The van der Waals surface area contributed by atoms with Gasteiger partial charge >= 0.3 is 0 Å². The van der Waals surface area contributed by atoms with E-state index in [0.29, 0.717) is 16.9 Å². The normalized spacial score (nSPS) is 14.6. The van der Waals surface area contributed by atoms with Crippen molar-refractivity contribution < 1.29 is 18.3 Å². The van der Waals surface area contributed by atoms with Crippen molar-refractivity contribution in [3.05, 3.63) is 53.1 Å². The van der Waals surface area contributed by atoms with E-state index in [4.69, 9.17) is 10.5 Å². The fourth-order valence-electron chi connectivity index (χ4n) is 2.48. The Morgan fingerprint density at radius 2 is 1.85 bits per heavy atom. The van der Waals surface area contributed by atoms with Crippen LogP contribution in [-0.4, -0.2) is 13.0 Å². The number of ether oxygens (including phenoxy) is 1. The molecular weight excluding hydrogens is 264 g/mol. The summed E-state index contributed by atoms with van der Waals surface area (Å²) < 4.78 is 33.8. The lowest BCUT2D eigenvalue weighted by Gasteiger charge is -2.12. The Labute approximate surface area is 114 Å². The van der Waals surface area contributed by atoms with Gasteiger partial charge in [0.1, 0.15) is 5.75 Å². The minimum Gasteiger partial charge on any atom is -0.497 e. The third-order valence-electron chi connectivity index (χ3n) is 3.50. The summed E-state index contributed by atoms with van der Waals surface area (Å²) in [5.74, 6) is -3.38. The lowest BCUT2D eigenvalue weighted by Crippen LogP contribution is -2.13.